The summed E-state index contributed by atoms with van der Waals surface area (Å²) in [5.41, 5.74) is 6.35. The van der Waals surface area contributed by atoms with Crippen LogP contribution in [0.25, 0.3) is 21.8 Å². The number of carbonyl (C=O) groups excluding carboxylic acids is 2. The molecule has 0 fully saturated rings. The molecule has 1 aliphatic heterocycles. The van der Waals surface area contributed by atoms with Gasteiger partial charge in [-0.2, -0.15) is 11.8 Å². The fourth-order valence-electron chi connectivity index (χ4n) is 5.59. The Hall–Kier alpha value is -2.99. The van der Waals surface area contributed by atoms with Crippen LogP contribution in [0.3, 0.4) is 0 Å². The Morgan fingerprint density at radius 1 is 1.11 bits per heavy atom. The molecule has 1 N–H and O–H groups in total. The zero-order valence-corrected chi connectivity index (χ0v) is 21.5. The van der Waals surface area contributed by atoms with Crippen LogP contribution in [0, 0.1) is 0 Å². The van der Waals surface area contributed by atoms with Crippen LogP contribution in [0.4, 0.5) is 0 Å². The van der Waals surface area contributed by atoms with E-state index in [0.717, 1.165) is 64.3 Å². The number of hydrogen-bond acceptors (Lipinski definition) is 5. The van der Waals surface area contributed by atoms with Gasteiger partial charge in [0.05, 0.1) is 5.57 Å². The van der Waals surface area contributed by atoms with Crippen molar-refractivity contribution in [3.63, 3.8) is 0 Å². The lowest BCUT2D eigenvalue weighted by atomic mass is 9.75. The molecule has 1 atom stereocenters. The van der Waals surface area contributed by atoms with Crippen LogP contribution in [-0.4, -0.2) is 34.4 Å². The molecule has 0 saturated heterocycles. The van der Waals surface area contributed by atoms with Crippen molar-refractivity contribution in [1.29, 1.82) is 0 Å². The number of fused-ring (bicyclic) bond motifs is 3. The van der Waals surface area contributed by atoms with E-state index in [1.807, 2.05) is 6.92 Å². The third kappa shape index (κ3) is 4.18. The lowest BCUT2D eigenvalue weighted by molar-refractivity contribution is -0.138. The lowest BCUT2D eigenvalue weighted by Crippen LogP contribution is -2.34. The molecule has 182 valence electrons. The van der Waals surface area contributed by atoms with Gasteiger partial charge in [0.2, 0.25) is 0 Å². The van der Waals surface area contributed by atoms with E-state index in [-0.39, 0.29) is 11.8 Å². The van der Waals surface area contributed by atoms with Crippen LogP contribution in [0.5, 0.6) is 0 Å². The van der Waals surface area contributed by atoms with Gasteiger partial charge in [-0.15, -0.1) is 0 Å². The average molecular weight is 489 g/mol. The second-order valence-electron chi connectivity index (χ2n) is 9.14. The number of aryl methyl sites for hydroxylation is 1. The van der Waals surface area contributed by atoms with Crippen molar-refractivity contribution >= 4 is 45.3 Å². The molecule has 0 radical (unpaired) electrons. The molecule has 5 rings (SSSR count). The number of nitrogens with zero attached hydrogens (tertiary/aromatic N) is 1. The molecule has 1 aliphatic carbocycles. The Labute approximate surface area is 210 Å². The van der Waals surface area contributed by atoms with Gasteiger partial charge in [-0.3, -0.25) is 4.79 Å². The van der Waals surface area contributed by atoms with Crippen molar-refractivity contribution in [2.24, 2.45) is 0 Å². The molecule has 0 amide bonds. The molecule has 1 unspecified atom stereocenters. The predicted octanol–water partition coefficient (Wildman–Crippen LogP) is 6.08. The maximum absolute atomic E-state index is 13.4. The molecule has 3 aromatic rings. The zero-order valence-electron chi connectivity index (χ0n) is 20.6. The molecule has 6 heteroatoms. The van der Waals surface area contributed by atoms with Gasteiger partial charge in [-0.25, -0.2) is 4.79 Å². The highest BCUT2D eigenvalue weighted by atomic mass is 32.2. The van der Waals surface area contributed by atoms with Crippen molar-refractivity contribution in [2.75, 3.05) is 18.1 Å². The Morgan fingerprint density at radius 3 is 2.71 bits per heavy atom. The number of thioether (sulfide) groups is 1. The highest BCUT2D eigenvalue weighted by Crippen LogP contribution is 2.44. The highest BCUT2D eigenvalue weighted by molar-refractivity contribution is 7.99. The van der Waals surface area contributed by atoms with E-state index < -0.39 is 5.92 Å². The van der Waals surface area contributed by atoms with Crippen LogP contribution in [-0.2, 0) is 20.9 Å². The first-order valence-electron chi connectivity index (χ1n) is 12.5. The second kappa shape index (κ2) is 9.94. The molecule has 35 heavy (non-hydrogen) atoms. The van der Waals surface area contributed by atoms with E-state index >= 15 is 0 Å². The van der Waals surface area contributed by atoms with E-state index in [0.29, 0.717) is 18.6 Å². The van der Waals surface area contributed by atoms with Crippen molar-refractivity contribution in [3.8, 4) is 0 Å². The van der Waals surface area contributed by atoms with Gasteiger partial charge in [0, 0.05) is 63.4 Å². The maximum Gasteiger partial charge on any atom is 0.336 e. The number of Topliss-reactive ketones (excluding diaryl/α,β-unsaturated/α-hetero) is 1. The van der Waals surface area contributed by atoms with E-state index in [9.17, 15) is 9.59 Å². The molecule has 2 aromatic carbocycles. The Kier molecular flexibility index (Phi) is 6.74. The topological polar surface area (TPSA) is 60.3 Å². The summed E-state index contributed by atoms with van der Waals surface area (Å²) < 4.78 is 8.02. The van der Waals surface area contributed by atoms with Gasteiger partial charge in [0.15, 0.2) is 5.78 Å². The molecule has 0 saturated carbocycles. The summed E-state index contributed by atoms with van der Waals surface area (Å²) >= 11 is 1.75. The molecule has 0 bridgehead atoms. The molecular weight excluding hydrogens is 456 g/mol. The SMILES string of the molecule is CCSCCOC(=O)C1=C(C)NC2=C(C(=O)CCC2)C1c1ccc2c(c1)c1ccccc1n2CC. The van der Waals surface area contributed by atoms with Crippen molar-refractivity contribution in [2.45, 2.75) is 52.5 Å². The van der Waals surface area contributed by atoms with Crippen LogP contribution in [0.15, 0.2) is 65.0 Å². The first kappa shape index (κ1) is 23.7. The number of ketones is 1. The molecule has 2 heterocycles. The Bertz CT molecular complexity index is 1380. The van der Waals surface area contributed by atoms with Crippen LogP contribution in [0.1, 0.15) is 51.5 Å². The predicted molar refractivity (Wildman–Crippen MR) is 144 cm³/mol. The summed E-state index contributed by atoms with van der Waals surface area (Å²) in [4.78, 5) is 26.6. The first-order valence-corrected chi connectivity index (χ1v) is 13.7. The highest BCUT2D eigenvalue weighted by Gasteiger charge is 2.39. The third-order valence-corrected chi connectivity index (χ3v) is 7.97. The van der Waals surface area contributed by atoms with Gasteiger partial charge in [-0.05, 0) is 56.2 Å². The number of para-hydroxylation sites is 1. The van der Waals surface area contributed by atoms with Gasteiger partial charge >= 0.3 is 5.97 Å². The number of nitrogens with one attached hydrogen (secondary N) is 1. The Balaban J connectivity index is 1.65. The number of ether oxygens (including phenoxy) is 1. The van der Waals surface area contributed by atoms with Crippen molar-refractivity contribution in [3.05, 3.63) is 70.6 Å². The van der Waals surface area contributed by atoms with E-state index in [1.165, 1.54) is 10.9 Å². The standard InChI is InChI=1S/C29H32N2O3S/c1-4-31-23-11-7-6-9-20(23)21-17-19(13-14-24(21)31)27-26(29(33)34-15-16-35-5-2)18(3)30-22-10-8-12-25(32)28(22)27/h6-7,9,11,13-14,17,27,30H,4-5,8,10,12,15-16H2,1-3H3. The molecule has 5 nitrogen and oxygen atoms in total. The normalized spacial score (nSPS) is 18.3. The largest absolute Gasteiger partial charge is 0.461 e. The van der Waals surface area contributed by atoms with Crippen molar-refractivity contribution in [1.82, 2.24) is 9.88 Å². The number of esters is 1. The van der Waals surface area contributed by atoms with E-state index in [4.69, 9.17) is 4.74 Å². The van der Waals surface area contributed by atoms with Crippen LogP contribution < -0.4 is 5.32 Å². The minimum Gasteiger partial charge on any atom is -0.461 e. The van der Waals surface area contributed by atoms with E-state index in [1.54, 1.807) is 11.8 Å². The van der Waals surface area contributed by atoms with Gasteiger partial charge in [0.25, 0.3) is 0 Å². The summed E-state index contributed by atoms with van der Waals surface area (Å²) in [6.07, 6.45) is 2.17. The Morgan fingerprint density at radius 2 is 1.91 bits per heavy atom. The van der Waals surface area contributed by atoms with Gasteiger partial charge < -0.3 is 14.6 Å². The number of rotatable bonds is 7. The molecule has 1 aromatic heterocycles. The fraction of sp³-hybridized carbons (Fsp3) is 0.379. The second-order valence-corrected chi connectivity index (χ2v) is 10.5. The van der Waals surface area contributed by atoms with E-state index in [2.05, 4.69) is 66.2 Å². The number of carbonyl (C=O) groups is 2. The summed E-state index contributed by atoms with van der Waals surface area (Å²) in [7, 11) is 0. The number of benzene rings is 2. The third-order valence-electron chi connectivity index (χ3n) is 7.11. The van der Waals surface area contributed by atoms with Crippen LogP contribution in [0.2, 0.25) is 0 Å². The monoisotopic (exact) mass is 488 g/mol. The minimum atomic E-state index is -0.418. The lowest BCUT2D eigenvalue weighted by Gasteiger charge is -2.34. The summed E-state index contributed by atoms with van der Waals surface area (Å²) in [6, 6.07) is 14.8. The molecule has 0 spiro atoms. The number of aromatic nitrogens is 1. The molecular formula is C29H32N2O3S. The van der Waals surface area contributed by atoms with Gasteiger partial charge in [0.1, 0.15) is 6.61 Å². The quantitative estimate of drug-likeness (QED) is 0.323. The number of hydrogen-bond donors (Lipinski definition) is 1. The number of dihydropyridines is 1. The summed E-state index contributed by atoms with van der Waals surface area (Å²) in [5.74, 6) is 1.12. The number of allylic oxidation sites excluding steroid dienone is 3. The first-order chi connectivity index (χ1) is 17.0. The van der Waals surface area contributed by atoms with Crippen LogP contribution >= 0.6 is 11.8 Å². The summed E-state index contributed by atoms with van der Waals surface area (Å²) in [6.45, 7) is 7.41. The van der Waals surface area contributed by atoms with Gasteiger partial charge in [-0.1, -0.05) is 31.2 Å². The van der Waals surface area contributed by atoms with Crippen molar-refractivity contribution < 1.29 is 14.3 Å². The average Bonchev–Trinajstić information content (AvgIpc) is 3.18. The smallest absolute Gasteiger partial charge is 0.336 e. The molecule has 2 aliphatic rings. The maximum atomic E-state index is 13.4. The summed E-state index contributed by atoms with van der Waals surface area (Å²) in [5, 5.41) is 5.72. The minimum absolute atomic E-state index is 0.124. The zero-order chi connectivity index (χ0) is 24.5. The fourth-order valence-corrected chi connectivity index (χ4v) is 6.08.